The van der Waals surface area contributed by atoms with Crippen molar-refractivity contribution in [1.82, 2.24) is 0 Å². The minimum absolute atomic E-state index is 0.214. The highest BCUT2D eigenvalue weighted by atomic mass is 19.4. The molecule has 0 fully saturated rings. The van der Waals surface area contributed by atoms with Crippen LogP contribution in [0.5, 0.6) is 5.75 Å². The summed E-state index contributed by atoms with van der Waals surface area (Å²) in [5.41, 5.74) is -3.52. The lowest BCUT2D eigenvalue weighted by molar-refractivity contribution is -0.730. The van der Waals surface area contributed by atoms with Crippen molar-refractivity contribution in [3.8, 4) is 5.75 Å². The van der Waals surface area contributed by atoms with Crippen LogP contribution in [-0.4, -0.2) is 22.2 Å². The van der Waals surface area contributed by atoms with Gasteiger partial charge in [-0.25, -0.2) is 5.21 Å². The number of nitro groups is 1. The van der Waals surface area contributed by atoms with E-state index in [0.29, 0.717) is 0 Å². The fourth-order valence-corrected chi connectivity index (χ4v) is 1.25. The molecule has 0 saturated carbocycles. The van der Waals surface area contributed by atoms with E-state index in [1.54, 1.807) is 0 Å². The standard InChI is InChI=1S/C8H6F3N2O5/c1-18-7-5(12(14)15)2-4(8(9,10)11)3-6(7)13(16)17/h2-3H,1H3,(H,14,15)/q+1. The molecular formula is C8H6F3N2O5+. The molecule has 7 nitrogen and oxygen atoms in total. The summed E-state index contributed by atoms with van der Waals surface area (Å²) in [7, 11) is 0.919. The summed E-state index contributed by atoms with van der Waals surface area (Å²) in [6.07, 6.45) is -4.90. The van der Waals surface area contributed by atoms with Crippen molar-refractivity contribution in [2.24, 2.45) is 0 Å². The Labute approximate surface area is 97.1 Å². The molecule has 0 aliphatic heterocycles. The molecular weight excluding hydrogens is 261 g/mol. The van der Waals surface area contributed by atoms with Crippen molar-refractivity contribution in [3.63, 3.8) is 0 Å². The lowest BCUT2D eigenvalue weighted by Crippen LogP contribution is -2.08. The van der Waals surface area contributed by atoms with Gasteiger partial charge in [0.05, 0.1) is 22.5 Å². The van der Waals surface area contributed by atoms with Gasteiger partial charge in [-0.2, -0.15) is 13.2 Å². The second-order valence-corrected chi connectivity index (χ2v) is 3.08. The Bertz CT molecular complexity index is 479. The summed E-state index contributed by atoms with van der Waals surface area (Å²) in [6, 6.07) is 0.463. The molecule has 18 heavy (non-hydrogen) atoms. The van der Waals surface area contributed by atoms with E-state index in [0.717, 1.165) is 7.11 Å². The SMILES string of the molecule is COc1c([N+](=O)[O-])cc(C(F)(F)F)cc1[N+](=O)O. The first-order valence-electron chi connectivity index (χ1n) is 4.28. The third-order valence-corrected chi connectivity index (χ3v) is 1.98. The maximum absolute atomic E-state index is 12.4. The summed E-state index contributed by atoms with van der Waals surface area (Å²) in [5, 5.41) is 19.2. The van der Waals surface area contributed by atoms with Crippen molar-refractivity contribution in [2.75, 3.05) is 7.11 Å². The van der Waals surface area contributed by atoms with Gasteiger partial charge in [-0.3, -0.25) is 10.1 Å². The summed E-state index contributed by atoms with van der Waals surface area (Å²) in [6.45, 7) is 0. The van der Waals surface area contributed by atoms with Crippen LogP contribution in [0.3, 0.4) is 0 Å². The number of nitro benzene ring substituents is 1. The van der Waals surface area contributed by atoms with Gasteiger partial charge in [0.15, 0.2) is 0 Å². The predicted molar refractivity (Wildman–Crippen MR) is 49.7 cm³/mol. The number of hydrogen-bond acceptors (Lipinski definition) is 4. The molecule has 10 heteroatoms. The van der Waals surface area contributed by atoms with E-state index in [2.05, 4.69) is 4.74 Å². The van der Waals surface area contributed by atoms with E-state index < -0.39 is 38.7 Å². The zero-order valence-electron chi connectivity index (χ0n) is 8.76. The van der Waals surface area contributed by atoms with Crippen LogP contribution in [0.15, 0.2) is 12.1 Å². The van der Waals surface area contributed by atoms with Crippen molar-refractivity contribution in [1.29, 1.82) is 0 Å². The number of methoxy groups -OCH3 is 1. The third-order valence-electron chi connectivity index (χ3n) is 1.98. The number of benzene rings is 1. The van der Waals surface area contributed by atoms with Gasteiger partial charge in [-0.05, 0) is 0 Å². The quantitative estimate of drug-likeness (QED) is 0.670. The maximum atomic E-state index is 12.4. The highest BCUT2D eigenvalue weighted by molar-refractivity contribution is 5.62. The van der Waals surface area contributed by atoms with Crippen molar-refractivity contribution in [2.45, 2.75) is 6.18 Å². The van der Waals surface area contributed by atoms with E-state index in [9.17, 15) is 28.2 Å². The van der Waals surface area contributed by atoms with E-state index in [4.69, 9.17) is 5.21 Å². The Morgan fingerprint density at radius 2 is 1.78 bits per heavy atom. The minimum atomic E-state index is -4.90. The molecule has 1 rings (SSSR count). The topological polar surface area (TPSA) is 92.7 Å². The van der Waals surface area contributed by atoms with Crippen LogP contribution in [0.4, 0.5) is 24.5 Å². The maximum Gasteiger partial charge on any atom is 0.416 e. The van der Waals surface area contributed by atoms with Crippen LogP contribution in [-0.2, 0) is 6.18 Å². The van der Waals surface area contributed by atoms with Crippen LogP contribution < -0.4 is 4.74 Å². The Balaban J connectivity index is 3.65. The average molecular weight is 267 g/mol. The lowest BCUT2D eigenvalue weighted by atomic mass is 10.1. The average Bonchev–Trinajstić information content (AvgIpc) is 2.25. The van der Waals surface area contributed by atoms with E-state index in [1.807, 2.05) is 0 Å². The van der Waals surface area contributed by atoms with Crippen LogP contribution >= 0.6 is 0 Å². The second-order valence-electron chi connectivity index (χ2n) is 3.08. The highest BCUT2D eigenvalue weighted by Crippen LogP contribution is 2.42. The molecule has 1 aromatic rings. The number of ether oxygens (including phenoxy) is 1. The normalized spacial score (nSPS) is 11.1. The van der Waals surface area contributed by atoms with E-state index >= 15 is 0 Å². The summed E-state index contributed by atoms with van der Waals surface area (Å²) in [4.78, 5) is 19.2. The molecule has 1 aromatic carbocycles. The van der Waals surface area contributed by atoms with Gasteiger partial charge in [0.1, 0.15) is 0 Å². The molecule has 0 heterocycles. The molecule has 0 unspecified atom stereocenters. The van der Waals surface area contributed by atoms with Gasteiger partial charge in [-0.1, -0.05) is 0 Å². The van der Waals surface area contributed by atoms with E-state index in [1.165, 1.54) is 0 Å². The van der Waals surface area contributed by atoms with E-state index in [-0.39, 0.29) is 12.1 Å². The molecule has 1 N–H and O–H groups in total. The minimum Gasteiger partial charge on any atom is -0.485 e. The lowest BCUT2D eigenvalue weighted by Gasteiger charge is -2.07. The van der Waals surface area contributed by atoms with Crippen LogP contribution in [0, 0.1) is 15.0 Å². The molecule has 0 aliphatic rings. The number of hydrogen-bond donors (Lipinski definition) is 1. The van der Waals surface area contributed by atoms with Crippen molar-refractivity contribution < 1.29 is 33.0 Å². The molecule has 0 bridgehead atoms. The third kappa shape index (κ3) is 2.47. The van der Waals surface area contributed by atoms with Crippen molar-refractivity contribution in [3.05, 3.63) is 32.7 Å². The van der Waals surface area contributed by atoms with Crippen LogP contribution in [0.2, 0.25) is 0 Å². The summed E-state index contributed by atoms with van der Waals surface area (Å²) >= 11 is 0. The number of rotatable bonds is 3. The first-order valence-corrected chi connectivity index (χ1v) is 4.28. The number of alkyl halides is 3. The Morgan fingerprint density at radius 3 is 2.11 bits per heavy atom. The molecule has 98 valence electrons. The van der Waals surface area contributed by atoms with Gasteiger partial charge in [0, 0.05) is 12.1 Å². The Morgan fingerprint density at radius 1 is 1.28 bits per heavy atom. The number of halogens is 3. The number of nitrogens with zero attached hydrogens (tertiary/aromatic N) is 2. The zero-order chi connectivity index (χ0) is 14.1. The largest absolute Gasteiger partial charge is 0.485 e. The first kappa shape index (κ1) is 13.7. The van der Waals surface area contributed by atoms with Gasteiger partial charge < -0.3 is 4.74 Å². The van der Waals surface area contributed by atoms with Gasteiger partial charge in [0.2, 0.25) is 0 Å². The summed E-state index contributed by atoms with van der Waals surface area (Å²) < 4.78 is 41.8. The molecule has 0 amide bonds. The predicted octanol–water partition coefficient (Wildman–Crippen LogP) is 2.42. The first-order chi connectivity index (χ1) is 8.18. The zero-order valence-corrected chi connectivity index (χ0v) is 8.76. The van der Waals surface area contributed by atoms with Gasteiger partial charge in [-0.15, -0.1) is 0 Å². The summed E-state index contributed by atoms with van der Waals surface area (Å²) in [5.74, 6) is -0.759. The fourth-order valence-electron chi connectivity index (χ4n) is 1.25. The Hall–Kier alpha value is -2.39. The van der Waals surface area contributed by atoms with Crippen LogP contribution in [0.1, 0.15) is 5.56 Å². The molecule has 0 saturated heterocycles. The highest BCUT2D eigenvalue weighted by Gasteiger charge is 2.39. The smallest absolute Gasteiger partial charge is 0.416 e. The Kier molecular flexibility index (Phi) is 3.39. The monoisotopic (exact) mass is 267 g/mol. The fraction of sp³-hybridized carbons (Fsp3) is 0.250. The second kappa shape index (κ2) is 4.47. The molecule has 0 atom stereocenters. The molecule has 0 aromatic heterocycles. The van der Waals surface area contributed by atoms with Gasteiger partial charge >= 0.3 is 17.6 Å². The molecule has 0 spiro atoms. The molecule has 0 aliphatic carbocycles. The van der Waals surface area contributed by atoms with Crippen LogP contribution in [0.25, 0.3) is 0 Å². The molecule has 0 radical (unpaired) electrons. The van der Waals surface area contributed by atoms with Gasteiger partial charge in [0.25, 0.3) is 10.7 Å². The van der Waals surface area contributed by atoms with Crippen molar-refractivity contribution >= 4 is 11.4 Å².